The van der Waals surface area contributed by atoms with Crippen LogP contribution in [0.1, 0.15) is 14.8 Å². The molecule has 0 unspecified atom stereocenters. The number of hydrogen-bond acceptors (Lipinski definition) is 4. The van der Waals surface area contributed by atoms with E-state index in [0.29, 0.717) is 0 Å². The molecule has 0 aliphatic heterocycles. The molecule has 2 rings (SSSR count). The van der Waals surface area contributed by atoms with Crippen LogP contribution < -0.4 is 5.32 Å². The van der Waals surface area contributed by atoms with E-state index in [2.05, 4.69) is 17.2 Å². The molecule has 0 amide bonds. The summed E-state index contributed by atoms with van der Waals surface area (Å²) >= 11 is 9.19. The maximum Gasteiger partial charge on any atom is 0.107 e. The number of halogens is 1. The van der Waals surface area contributed by atoms with Crippen LogP contribution in [0.3, 0.4) is 0 Å². The van der Waals surface area contributed by atoms with E-state index >= 15 is 0 Å². The van der Waals surface area contributed by atoms with Crippen LogP contribution in [0.5, 0.6) is 0 Å². The van der Waals surface area contributed by atoms with Crippen molar-refractivity contribution < 1.29 is 0 Å². The first-order valence-corrected chi connectivity index (χ1v) is 6.61. The van der Waals surface area contributed by atoms with Crippen LogP contribution in [0, 0.1) is 6.92 Å². The highest BCUT2D eigenvalue weighted by atomic mass is 35.5. The van der Waals surface area contributed by atoms with Gasteiger partial charge in [0, 0.05) is 29.0 Å². The third kappa shape index (κ3) is 3.28. The van der Waals surface area contributed by atoms with Gasteiger partial charge >= 0.3 is 0 Å². The SMILES string of the molecule is Cc1cnc(CNCc2ccc(Cl)s2)s1. The molecule has 0 aliphatic rings. The minimum atomic E-state index is 0.827. The van der Waals surface area contributed by atoms with E-state index in [9.17, 15) is 0 Å². The van der Waals surface area contributed by atoms with E-state index in [1.165, 1.54) is 9.75 Å². The zero-order chi connectivity index (χ0) is 10.7. The molecule has 0 saturated heterocycles. The summed E-state index contributed by atoms with van der Waals surface area (Å²) < 4.78 is 0.844. The molecule has 1 N–H and O–H groups in total. The number of nitrogens with zero attached hydrogens (tertiary/aromatic N) is 1. The molecule has 0 atom stereocenters. The lowest BCUT2D eigenvalue weighted by atomic mass is 10.4. The lowest BCUT2D eigenvalue weighted by molar-refractivity contribution is 0.697. The molecule has 0 aromatic carbocycles. The molecule has 0 spiro atoms. The monoisotopic (exact) mass is 258 g/mol. The molecule has 0 fully saturated rings. The van der Waals surface area contributed by atoms with Crippen LogP contribution >= 0.6 is 34.3 Å². The van der Waals surface area contributed by atoms with Crippen LogP contribution in [-0.4, -0.2) is 4.98 Å². The smallest absolute Gasteiger partial charge is 0.107 e. The Bertz CT molecular complexity index is 396. The first-order valence-electron chi connectivity index (χ1n) is 4.60. The molecule has 2 heterocycles. The summed E-state index contributed by atoms with van der Waals surface area (Å²) in [6, 6.07) is 3.98. The molecule has 0 saturated carbocycles. The first-order chi connectivity index (χ1) is 7.24. The van der Waals surface area contributed by atoms with E-state index in [1.54, 1.807) is 22.7 Å². The van der Waals surface area contributed by atoms with Crippen molar-refractivity contribution in [3.63, 3.8) is 0 Å². The van der Waals surface area contributed by atoms with E-state index in [1.807, 2.05) is 18.3 Å². The normalized spacial score (nSPS) is 10.8. The molecule has 2 aromatic rings. The summed E-state index contributed by atoms with van der Waals surface area (Å²) in [6.07, 6.45) is 1.91. The topological polar surface area (TPSA) is 24.9 Å². The third-order valence-electron chi connectivity index (χ3n) is 1.87. The van der Waals surface area contributed by atoms with Gasteiger partial charge in [-0.25, -0.2) is 4.98 Å². The van der Waals surface area contributed by atoms with Crippen molar-refractivity contribution in [2.24, 2.45) is 0 Å². The highest BCUT2D eigenvalue weighted by Gasteiger charge is 2.00. The highest BCUT2D eigenvalue weighted by Crippen LogP contribution is 2.21. The Kier molecular flexibility index (Phi) is 3.75. The van der Waals surface area contributed by atoms with Crippen LogP contribution in [0.15, 0.2) is 18.3 Å². The Labute approximate surface area is 102 Å². The summed E-state index contributed by atoms with van der Waals surface area (Å²) in [7, 11) is 0. The molecule has 0 radical (unpaired) electrons. The predicted molar refractivity (Wildman–Crippen MR) is 66.7 cm³/mol. The molecule has 2 nitrogen and oxygen atoms in total. The van der Waals surface area contributed by atoms with Gasteiger partial charge in [0.25, 0.3) is 0 Å². The average molecular weight is 259 g/mol. The van der Waals surface area contributed by atoms with Crippen LogP contribution in [0.4, 0.5) is 0 Å². The molecule has 0 bridgehead atoms. The second kappa shape index (κ2) is 5.07. The van der Waals surface area contributed by atoms with E-state index in [-0.39, 0.29) is 0 Å². The standard InChI is InChI=1S/C10H11ClN2S2/c1-7-4-13-10(14-7)6-12-5-8-2-3-9(11)15-8/h2-4,12H,5-6H2,1H3. The van der Waals surface area contributed by atoms with Gasteiger partial charge in [0.2, 0.25) is 0 Å². The number of rotatable bonds is 4. The lowest BCUT2D eigenvalue weighted by Gasteiger charge is -1.98. The third-order valence-corrected chi connectivity index (χ3v) is 4.02. The largest absolute Gasteiger partial charge is 0.306 e. The summed E-state index contributed by atoms with van der Waals surface area (Å²) in [5.41, 5.74) is 0. The zero-order valence-corrected chi connectivity index (χ0v) is 10.7. The van der Waals surface area contributed by atoms with E-state index < -0.39 is 0 Å². The van der Waals surface area contributed by atoms with Crippen molar-refractivity contribution >= 4 is 34.3 Å². The van der Waals surface area contributed by atoms with Gasteiger partial charge in [0.15, 0.2) is 0 Å². The Hall–Kier alpha value is -0.420. The number of thiophene rings is 1. The maximum atomic E-state index is 5.84. The zero-order valence-electron chi connectivity index (χ0n) is 8.29. The van der Waals surface area contributed by atoms with Gasteiger partial charge in [-0.2, -0.15) is 0 Å². The average Bonchev–Trinajstić information content (AvgIpc) is 2.76. The minimum absolute atomic E-state index is 0.827. The quantitative estimate of drug-likeness (QED) is 0.909. The molecule has 2 aromatic heterocycles. The number of nitrogens with one attached hydrogen (secondary N) is 1. The Morgan fingerprint density at radius 3 is 2.80 bits per heavy atom. The maximum absolute atomic E-state index is 5.84. The molecular formula is C10H11ClN2S2. The fourth-order valence-corrected chi connectivity index (χ4v) is 3.04. The second-order valence-electron chi connectivity index (χ2n) is 3.17. The van der Waals surface area contributed by atoms with Crippen molar-refractivity contribution in [3.05, 3.63) is 37.4 Å². The summed E-state index contributed by atoms with van der Waals surface area (Å²) in [5, 5.41) is 4.48. The fourth-order valence-electron chi connectivity index (χ4n) is 1.22. The number of hydrogen-bond donors (Lipinski definition) is 1. The Morgan fingerprint density at radius 1 is 1.33 bits per heavy atom. The summed E-state index contributed by atoms with van der Waals surface area (Å²) in [4.78, 5) is 6.80. The first kappa shape index (κ1) is 11.1. The highest BCUT2D eigenvalue weighted by molar-refractivity contribution is 7.16. The van der Waals surface area contributed by atoms with E-state index in [0.717, 1.165) is 22.4 Å². The number of aromatic nitrogens is 1. The minimum Gasteiger partial charge on any atom is -0.306 e. The summed E-state index contributed by atoms with van der Waals surface area (Å²) in [6.45, 7) is 3.75. The second-order valence-corrected chi connectivity index (χ2v) is 6.29. The molecular weight excluding hydrogens is 248 g/mol. The van der Waals surface area contributed by atoms with Crippen LogP contribution in [-0.2, 0) is 13.1 Å². The van der Waals surface area contributed by atoms with Gasteiger partial charge in [0.05, 0.1) is 4.34 Å². The molecule has 80 valence electrons. The van der Waals surface area contributed by atoms with Gasteiger partial charge in [-0.15, -0.1) is 22.7 Å². The van der Waals surface area contributed by atoms with Crippen molar-refractivity contribution in [1.29, 1.82) is 0 Å². The Morgan fingerprint density at radius 2 is 2.20 bits per heavy atom. The number of aryl methyl sites for hydroxylation is 1. The molecule has 5 heteroatoms. The summed E-state index contributed by atoms with van der Waals surface area (Å²) in [5.74, 6) is 0. The lowest BCUT2D eigenvalue weighted by Crippen LogP contribution is -2.11. The van der Waals surface area contributed by atoms with Crippen molar-refractivity contribution in [3.8, 4) is 0 Å². The van der Waals surface area contributed by atoms with Crippen molar-refractivity contribution in [2.45, 2.75) is 20.0 Å². The Balaban J connectivity index is 1.80. The van der Waals surface area contributed by atoms with Gasteiger partial charge in [-0.05, 0) is 19.1 Å². The molecule has 15 heavy (non-hydrogen) atoms. The van der Waals surface area contributed by atoms with E-state index in [4.69, 9.17) is 11.6 Å². The van der Waals surface area contributed by atoms with Crippen LogP contribution in [0.25, 0.3) is 0 Å². The molecule has 0 aliphatic carbocycles. The van der Waals surface area contributed by atoms with Gasteiger partial charge in [-0.3, -0.25) is 0 Å². The van der Waals surface area contributed by atoms with Crippen molar-refractivity contribution in [2.75, 3.05) is 0 Å². The van der Waals surface area contributed by atoms with Gasteiger partial charge in [0.1, 0.15) is 5.01 Å². The van der Waals surface area contributed by atoms with Gasteiger partial charge < -0.3 is 5.32 Å². The predicted octanol–water partition coefficient (Wildman–Crippen LogP) is 3.46. The fraction of sp³-hybridized carbons (Fsp3) is 0.300. The number of thiazole rings is 1. The van der Waals surface area contributed by atoms with Gasteiger partial charge in [-0.1, -0.05) is 11.6 Å². The van der Waals surface area contributed by atoms with Crippen molar-refractivity contribution in [1.82, 2.24) is 10.3 Å². The van der Waals surface area contributed by atoms with Crippen LogP contribution in [0.2, 0.25) is 4.34 Å².